The van der Waals surface area contributed by atoms with Gasteiger partial charge in [-0.15, -0.1) is 6.42 Å². The normalized spacial score (nSPS) is 26.4. The molecular formula is C33H31F3N6O2. The molecule has 6 heterocycles. The van der Waals surface area contributed by atoms with Crippen molar-refractivity contribution in [2.75, 3.05) is 37.7 Å². The first-order valence-corrected chi connectivity index (χ1v) is 15.1. The number of piperazine rings is 1. The number of rotatable bonds is 5. The molecule has 0 spiro atoms. The summed E-state index contributed by atoms with van der Waals surface area (Å²) < 4.78 is 52.2. The van der Waals surface area contributed by atoms with E-state index in [1.165, 1.54) is 30.5 Å². The molecule has 4 aromatic rings. The molecule has 2 aromatic carbocycles. The van der Waals surface area contributed by atoms with E-state index < -0.39 is 23.3 Å². The molecule has 0 amide bonds. The van der Waals surface area contributed by atoms with Gasteiger partial charge >= 0.3 is 6.01 Å². The molecule has 4 aliphatic rings. The van der Waals surface area contributed by atoms with Gasteiger partial charge in [0.1, 0.15) is 41.4 Å². The molecule has 8 rings (SSSR count). The summed E-state index contributed by atoms with van der Waals surface area (Å²) in [5.41, 5.74) is -0.468. The van der Waals surface area contributed by atoms with E-state index in [4.69, 9.17) is 16.1 Å². The number of phenols is 1. The molecule has 0 unspecified atom stereocenters. The number of fused-ring (bicyclic) bond motifs is 5. The van der Waals surface area contributed by atoms with Crippen molar-refractivity contribution in [3.63, 3.8) is 0 Å². The van der Waals surface area contributed by atoms with Crippen molar-refractivity contribution >= 4 is 27.5 Å². The molecular weight excluding hydrogens is 569 g/mol. The molecule has 0 radical (unpaired) electrons. The second kappa shape index (κ2) is 10.2. The first-order chi connectivity index (χ1) is 21.3. The molecule has 0 saturated carbocycles. The maximum Gasteiger partial charge on any atom is 0.319 e. The van der Waals surface area contributed by atoms with Crippen LogP contribution in [-0.4, -0.2) is 81.5 Å². The number of pyridine rings is 1. The van der Waals surface area contributed by atoms with Crippen LogP contribution in [0.3, 0.4) is 0 Å². The summed E-state index contributed by atoms with van der Waals surface area (Å²) in [6.45, 7) is 2.79. The van der Waals surface area contributed by atoms with Crippen LogP contribution < -0.4 is 15.0 Å². The predicted octanol–water partition coefficient (Wildman–Crippen LogP) is 4.71. The number of hydrogen-bond donors (Lipinski definition) is 2. The zero-order chi connectivity index (χ0) is 30.2. The number of phenolic OH excluding ortho intramolecular Hbond substituents is 1. The molecule has 2 N–H and O–H groups in total. The Kier molecular flexibility index (Phi) is 6.36. The Morgan fingerprint density at radius 2 is 1.95 bits per heavy atom. The van der Waals surface area contributed by atoms with Gasteiger partial charge in [-0.1, -0.05) is 12.0 Å². The van der Waals surface area contributed by atoms with Crippen molar-refractivity contribution in [1.82, 2.24) is 25.2 Å². The third-order valence-corrected chi connectivity index (χ3v) is 9.84. The van der Waals surface area contributed by atoms with Gasteiger partial charge in [0.25, 0.3) is 0 Å². The number of aromatic nitrogens is 3. The third kappa shape index (κ3) is 4.34. The van der Waals surface area contributed by atoms with E-state index in [1.54, 1.807) is 0 Å². The first kappa shape index (κ1) is 27.4. The number of halogens is 3. The molecule has 0 aliphatic carbocycles. The van der Waals surface area contributed by atoms with Crippen LogP contribution in [0.4, 0.5) is 19.0 Å². The first-order valence-electron chi connectivity index (χ1n) is 15.1. The van der Waals surface area contributed by atoms with E-state index in [1.807, 2.05) is 0 Å². The van der Waals surface area contributed by atoms with Crippen LogP contribution in [0.5, 0.6) is 11.8 Å². The van der Waals surface area contributed by atoms with Gasteiger partial charge in [0.2, 0.25) is 0 Å². The van der Waals surface area contributed by atoms with E-state index in [0.717, 1.165) is 32.2 Å². The molecule has 4 aliphatic heterocycles. The Labute approximate surface area is 252 Å². The minimum Gasteiger partial charge on any atom is -0.508 e. The number of terminal acetylenes is 1. The number of anilines is 1. The number of nitrogens with one attached hydrogen (secondary N) is 1. The molecule has 4 fully saturated rings. The van der Waals surface area contributed by atoms with Gasteiger partial charge < -0.3 is 20.1 Å². The minimum absolute atomic E-state index is 0.00778. The van der Waals surface area contributed by atoms with Gasteiger partial charge in [-0.25, -0.2) is 13.2 Å². The van der Waals surface area contributed by atoms with Crippen molar-refractivity contribution in [3.8, 4) is 35.4 Å². The van der Waals surface area contributed by atoms with Crippen LogP contribution >= 0.6 is 0 Å². The van der Waals surface area contributed by atoms with Crippen LogP contribution in [0.2, 0.25) is 0 Å². The lowest BCUT2D eigenvalue weighted by atomic mass is 9.95. The summed E-state index contributed by atoms with van der Waals surface area (Å²) in [6.07, 6.45) is 10.5. The zero-order valence-electron chi connectivity index (χ0n) is 24.0. The van der Waals surface area contributed by atoms with Gasteiger partial charge in [0.15, 0.2) is 5.82 Å². The van der Waals surface area contributed by atoms with Crippen LogP contribution in [0.15, 0.2) is 30.5 Å². The number of ether oxygens (including phenoxy) is 1. The lowest BCUT2D eigenvalue weighted by Gasteiger charge is -2.34. The second-order valence-electron chi connectivity index (χ2n) is 12.6. The molecule has 4 saturated heterocycles. The fourth-order valence-corrected chi connectivity index (χ4v) is 7.89. The van der Waals surface area contributed by atoms with Gasteiger partial charge in [-0.05, 0) is 55.8 Å². The molecule has 4 atom stereocenters. The summed E-state index contributed by atoms with van der Waals surface area (Å²) in [7, 11) is 0. The van der Waals surface area contributed by atoms with Gasteiger partial charge in [0.05, 0.1) is 16.5 Å². The summed E-state index contributed by atoms with van der Waals surface area (Å²) in [5.74, 6) is 1.35. The fourth-order valence-electron chi connectivity index (χ4n) is 7.89. The Hall–Kier alpha value is -4.14. The fraction of sp³-hybridized carbons (Fsp3) is 0.424. The number of hydrogen-bond acceptors (Lipinski definition) is 8. The highest BCUT2D eigenvalue weighted by molar-refractivity contribution is 6.03. The number of alkyl halides is 1. The lowest BCUT2D eigenvalue weighted by Crippen LogP contribution is -2.51. The quantitative estimate of drug-likeness (QED) is 0.319. The van der Waals surface area contributed by atoms with Crippen molar-refractivity contribution in [3.05, 3.63) is 47.7 Å². The van der Waals surface area contributed by atoms with Crippen LogP contribution in [0, 0.1) is 24.0 Å². The average Bonchev–Trinajstić information content (AvgIpc) is 3.66. The third-order valence-electron chi connectivity index (χ3n) is 9.84. The number of benzene rings is 2. The van der Waals surface area contributed by atoms with Crippen molar-refractivity contribution in [2.45, 2.75) is 55.9 Å². The molecule has 44 heavy (non-hydrogen) atoms. The van der Waals surface area contributed by atoms with E-state index in [-0.39, 0.29) is 46.1 Å². The van der Waals surface area contributed by atoms with Gasteiger partial charge in [-0.2, -0.15) is 9.97 Å². The van der Waals surface area contributed by atoms with Gasteiger partial charge in [0, 0.05) is 55.3 Å². The van der Waals surface area contributed by atoms with E-state index in [0.29, 0.717) is 54.7 Å². The molecule has 2 bridgehead atoms. The van der Waals surface area contributed by atoms with Crippen LogP contribution in [0.1, 0.15) is 37.7 Å². The Bertz CT molecular complexity index is 1850. The van der Waals surface area contributed by atoms with Crippen LogP contribution in [0.25, 0.3) is 32.9 Å². The smallest absolute Gasteiger partial charge is 0.319 e. The molecule has 2 aromatic heterocycles. The topological polar surface area (TPSA) is 86.6 Å². The maximum atomic E-state index is 16.7. The monoisotopic (exact) mass is 600 g/mol. The zero-order valence-corrected chi connectivity index (χ0v) is 24.0. The highest BCUT2D eigenvalue weighted by atomic mass is 19.1. The standard InChI is InChI=1S/C33H31F3N6O2/c1-2-23-26(35)7-4-18-10-22(43)11-24(27(18)23)29-28(36)30-25(13-37-29)31(41-15-20-5-6-21(16-41)38-20)40-32(39-30)44-17-33-8-3-9-42(33)14-19(34)12-33/h1,4,7,10-11,13,19-21,38,43H,3,5-6,8-9,12,14-17H2/t19-,20-,21+,33-/m0/s1. The van der Waals surface area contributed by atoms with Crippen molar-refractivity contribution in [2.24, 2.45) is 0 Å². The number of nitrogens with zero attached hydrogens (tertiary/aromatic N) is 5. The largest absolute Gasteiger partial charge is 0.508 e. The minimum atomic E-state index is -0.913. The highest BCUT2D eigenvalue weighted by Crippen LogP contribution is 2.42. The summed E-state index contributed by atoms with van der Waals surface area (Å²) in [4.78, 5) is 18.1. The Balaban J connectivity index is 1.28. The molecule has 226 valence electrons. The van der Waals surface area contributed by atoms with E-state index in [2.05, 4.69) is 31.0 Å². The lowest BCUT2D eigenvalue weighted by molar-refractivity contribution is 0.107. The number of aromatic hydroxyl groups is 1. The molecule has 8 nitrogen and oxygen atoms in total. The molecule has 11 heteroatoms. The van der Waals surface area contributed by atoms with Crippen LogP contribution in [-0.2, 0) is 0 Å². The Morgan fingerprint density at radius 1 is 1.14 bits per heavy atom. The predicted molar refractivity (Wildman–Crippen MR) is 160 cm³/mol. The SMILES string of the molecule is C#Cc1c(F)ccc2cc(O)cc(-c3ncc4c(N5C[C@H]6CC[C@@H](C5)N6)nc(OC[C@@]56CCCN5C[C@@H](F)C6)nc4c3F)c12. The maximum absolute atomic E-state index is 16.7. The highest BCUT2D eigenvalue weighted by Gasteiger charge is 2.49. The summed E-state index contributed by atoms with van der Waals surface area (Å²) in [5, 5.41) is 15.2. The van der Waals surface area contributed by atoms with E-state index in [9.17, 15) is 13.9 Å². The summed E-state index contributed by atoms with van der Waals surface area (Å²) in [6, 6.07) is 6.07. The van der Waals surface area contributed by atoms with E-state index >= 15 is 4.39 Å². The Morgan fingerprint density at radius 3 is 2.75 bits per heavy atom. The average molecular weight is 601 g/mol. The van der Waals surface area contributed by atoms with Crippen molar-refractivity contribution in [1.29, 1.82) is 0 Å². The second-order valence-corrected chi connectivity index (χ2v) is 12.6. The van der Waals surface area contributed by atoms with Gasteiger partial charge in [-0.3, -0.25) is 9.88 Å². The summed E-state index contributed by atoms with van der Waals surface area (Å²) >= 11 is 0. The van der Waals surface area contributed by atoms with Crippen molar-refractivity contribution < 1.29 is 23.0 Å².